The van der Waals surface area contributed by atoms with Gasteiger partial charge in [0.15, 0.2) is 0 Å². The molecule has 2 aliphatic heterocycles. The number of amides is 1. The fourth-order valence-electron chi connectivity index (χ4n) is 2.96. The van der Waals surface area contributed by atoms with Crippen LogP contribution in [0, 0.1) is 0 Å². The van der Waals surface area contributed by atoms with Crippen LogP contribution in [0.5, 0.6) is 0 Å². The lowest BCUT2D eigenvalue weighted by Crippen LogP contribution is -2.47. The number of alkyl halides is 3. The molecule has 3 rings (SSSR count). The van der Waals surface area contributed by atoms with E-state index in [0.717, 1.165) is 0 Å². The predicted molar refractivity (Wildman–Crippen MR) is 75.1 cm³/mol. The third-order valence-electron chi connectivity index (χ3n) is 4.34. The third-order valence-corrected chi connectivity index (χ3v) is 4.34. The van der Waals surface area contributed by atoms with Crippen LogP contribution in [0.25, 0.3) is 0 Å². The molecule has 3 heterocycles. The van der Waals surface area contributed by atoms with Gasteiger partial charge in [0.05, 0.1) is 19.8 Å². The van der Waals surface area contributed by atoms with E-state index in [-0.39, 0.29) is 17.7 Å². The molecule has 10 heteroatoms. The Morgan fingerprint density at radius 2 is 1.79 bits per heavy atom. The first kappa shape index (κ1) is 17.2. The lowest BCUT2D eigenvalue weighted by atomic mass is 9.97. The summed E-state index contributed by atoms with van der Waals surface area (Å²) in [5, 5.41) is 6.58. The summed E-state index contributed by atoms with van der Waals surface area (Å²) in [6, 6.07) is 0. The molecule has 0 atom stereocenters. The number of piperidine rings is 1. The average Bonchev–Trinajstić information content (AvgIpc) is 3.07. The Bertz CT molecular complexity index is 564. The number of carbonyl (C=O) groups is 1. The first-order chi connectivity index (χ1) is 11.4. The normalized spacial score (nSPS) is 21.2. The smallest absolute Gasteiger partial charge is 0.417 e. The second-order valence-electron chi connectivity index (χ2n) is 5.99. The van der Waals surface area contributed by atoms with Gasteiger partial charge in [0.25, 0.3) is 0 Å². The van der Waals surface area contributed by atoms with E-state index < -0.39 is 12.1 Å². The van der Waals surface area contributed by atoms with Crippen molar-refractivity contribution in [2.45, 2.75) is 24.9 Å². The Morgan fingerprint density at radius 1 is 1.12 bits per heavy atom. The van der Waals surface area contributed by atoms with Crippen molar-refractivity contribution in [3.8, 4) is 0 Å². The Labute approximate surface area is 136 Å². The van der Waals surface area contributed by atoms with E-state index in [4.69, 9.17) is 9.15 Å². The third kappa shape index (κ3) is 4.04. The van der Waals surface area contributed by atoms with Crippen molar-refractivity contribution in [1.82, 2.24) is 20.0 Å². The largest absolute Gasteiger partial charge is 0.470 e. The molecule has 0 bridgehead atoms. The minimum atomic E-state index is -4.61. The number of aromatic nitrogens is 2. The maximum atomic E-state index is 12.5. The molecule has 2 fully saturated rings. The molecule has 1 amide bonds. The first-order valence-electron chi connectivity index (χ1n) is 7.92. The summed E-state index contributed by atoms with van der Waals surface area (Å²) in [4.78, 5) is 16.0. The van der Waals surface area contributed by atoms with Crippen molar-refractivity contribution in [3.63, 3.8) is 0 Å². The van der Waals surface area contributed by atoms with Crippen molar-refractivity contribution in [2.75, 3.05) is 45.9 Å². The minimum Gasteiger partial charge on any atom is -0.417 e. The molecule has 0 N–H and O–H groups in total. The maximum Gasteiger partial charge on any atom is 0.470 e. The van der Waals surface area contributed by atoms with Gasteiger partial charge in [-0.3, -0.25) is 9.69 Å². The van der Waals surface area contributed by atoms with E-state index in [1.807, 2.05) is 4.90 Å². The van der Waals surface area contributed by atoms with Crippen molar-refractivity contribution in [3.05, 3.63) is 11.8 Å². The zero-order chi connectivity index (χ0) is 17.2. The van der Waals surface area contributed by atoms with Gasteiger partial charge < -0.3 is 14.1 Å². The highest BCUT2D eigenvalue weighted by Crippen LogP contribution is 2.32. The molecule has 2 saturated heterocycles. The lowest BCUT2D eigenvalue weighted by Gasteiger charge is -2.33. The van der Waals surface area contributed by atoms with E-state index in [0.29, 0.717) is 58.8 Å². The summed E-state index contributed by atoms with van der Waals surface area (Å²) in [5.41, 5.74) is 0. The van der Waals surface area contributed by atoms with E-state index in [9.17, 15) is 18.0 Å². The number of rotatable bonds is 3. The van der Waals surface area contributed by atoms with Crippen LogP contribution in [-0.2, 0) is 15.7 Å². The molecular weight excluding hydrogens is 329 g/mol. The van der Waals surface area contributed by atoms with Gasteiger partial charge in [-0.2, -0.15) is 13.2 Å². The summed E-state index contributed by atoms with van der Waals surface area (Å²) >= 11 is 0. The van der Waals surface area contributed by atoms with Crippen LogP contribution < -0.4 is 0 Å². The Balaban J connectivity index is 1.48. The highest BCUT2D eigenvalue weighted by Gasteiger charge is 2.39. The van der Waals surface area contributed by atoms with Gasteiger partial charge in [0, 0.05) is 19.0 Å². The second-order valence-corrected chi connectivity index (χ2v) is 5.99. The van der Waals surface area contributed by atoms with Crippen LogP contribution in [0.15, 0.2) is 4.42 Å². The van der Waals surface area contributed by atoms with Gasteiger partial charge in [-0.25, -0.2) is 0 Å². The van der Waals surface area contributed by atoms with Gasteiger partial charge >= 0.3 is 12.1 Å². The molecule has 1 aromatic heterocycles. The number of likely N-dealkylation sites (tertiary alicyclic amines) is 1. The summed E-state index contributed by atoms with van der Waals surface area (Å²) in [7, 11) is 0. The number of halogens is 3. The van der Waals surface area contributed by atoms with Crippen LogP contribution in [0.3, 0.4) is 0 Å². The van der Waals surface area contributed by atoms with Crippen LogP contribution in [-0.4, -0.2) is 71.8 Å². The van der Waals surface area contributed by atoms with Gasteiger partial charge in [-0.15, -0.1) is 10.2 Å². The molecule has 134 valence electrons. The van der Waals surface area contributed by atoms with E-state index in [2.05, 4.69) is 10.2 Å². The Kier molecular flexibility index (Phi) is 5.04. The summed E-state index contributed by atoms with van der Waals surface area (Å²) in [6.45, 7) is 3.90. The molecule has 0 saturated carbocycles. The van der Waals surface area contributed by atoms with Crippen molar-refractivity contribution in [2.24, 2.45) is 0 Å². The molecule has 2 aliphatic rings. The average molecular weight is 348 g/mol. The molecular formula is C14H19F3N4O3. The minimum absolute atomic E-state index is 0.0291. The van der Waals surface area contributed by atoms with Crippen molar-refractivity contribution in [1.29, 1.82) is 0 Å². The van der Waals surface area contributed by atoms with Gasteiger partial charge in [-0.05, 0) is 25.9 Å². The highest BCUT2D eigenvalue weighted by molar-refractivity contribution is 5.78. The quantitative estimate of drug-likeness (QED) is 0.815. The number of hydrogen-bond acceptors (Lipinski definition) is 6. The lowest BCUT2D eigenvalue weighted by molar-refractivity contribution is -0.157. The van der Waals surface area contributed by atoms with Crippen LogP contribution in [0.2, 0.25) is 0 Å². The molecule has 0 spiro atoms. The molecule has 7 nitrogen and oxygen atoms in total. The van der Waals surface area contributed by atoms with E-state index in [1.165, 1.54) is 0 Å². The van der Waals surface area contributed by atoms with E-state index in [1.54, 1.807) is 4.90 Å². The fourth-order valence-corrected chi connectivity index (χ4v) is 2.96. The molecule has 0 aliphatic carbocycles. The number of ether oxygens (including phenoxy) is 1. The zero-order valence-corrected chi connectivity index (χ0v) is 13.1. The second kappa shape index (κ2) is 7.06. The number of carbonyl (C=O) groups excluding carboxylic acids is 1. The number of nitrogens with zero attached hydrogens (tertiary/aromatic N) is 4. The molecule has 24 heavy (non-hydrogen) atoms. The van der Waals surface area contributed by atoms with Crippen molar-refractivity contribution < 1.29 is 27.1 Å². The molecule has 1 aromatic rings. The van der Waals surface area contributed by atoms with Gasteiger partial charge in [0.2, 0.25) is 11.8 Å². The van der Waals surface area contributed by atoms with Gasteiger partial charge in [-0.1, -0.05) is 0 Å². The maximum absolute atomic E-state index is 12.5. The summed E-state index contributed by atoms with van der Waals surface area (Å²) in [6.07, 6.45) is -3.43. The first-order valence-corrected chi connectivity index (χ1v) is 7.92. The highest BCUT2D eigenvalue weighted by atomic mass is 19.4. The predicted octanol–water partition coefficient (Wildman–Crippen LogP) is 1.13. The standard InChI is InChI=1S/C14H19F3N4O3/c15-14(16,17)13-19-18-12(24-13)10-1-3-20(4-2-10)9-11(22)21-5-7-23-8-6-21/h10H,1-9H2. The summed E-state index contributed by atoms with van der Waals surface area (Å²) < 4.78 is 47.4. The van der Waals surface area contributed by atoms with E-state index >= 15 is 0 Å². The topological polar surface area (TPSA) is 71.7 Å². The van der Waals surface area contributed by atoms with Crippen LogP contribution in [0.1, 0.15) is 30.5 Å². The monoisotopic (exact) mass is 348 g/mol. The number of morpholine rings is 1. The summed E-state index contributed by atoms with van der Waals surface area (Å²) in [5.74, 6) is -1.40. The number of hydrogen-bond donors (Lipinski definition) is 0. The fraction of sp³-hybridized carbons (Fsp3) is 0.786. The zero-order valence-electron chi connectivity index (χ0n) is 13.1. The van der Waals surface area contributed by atoms with Crippen LogP contribution in [0.4, 0.5) is 13.2 Å². The van der Waals surface area contributed by atoms with Crippen LogP contribution >= 0.6 is 0 Å². The Morgan fingerprint density at radius 3 is 2.38 bits per heavy atom. The molecule has 0 aromatic carbocycles. The molecule has 0 radical (unpaired) electrons. The Hall–Kier alpha value is -1.68. The van der Waals surface area contributed by atoms with Crippen molar-refractivity contribution >= 4 is 5.91 Å². The SMILES string of the molecule is O=C(CN1CCC(c2nnc(C(F)(F)F)o2)CC1)N1CCOCC1. The molecule has 0 unspecified atom stereocenters. The van der Waals surface area contributed by atoms with Gasteiger partial charge in [0.1, 0.15) is 0 Å².